The zero-order chi connectivity index (χ0) is 14.0. The minimum atomic E-state index is -1.08. The molecule has 0 aliphatic carbocycles. The fourth-order valence-electron chi connectivity index (χ4n) is 2.34. The number of hydrogen-bond acceptors (Lipinski definition) is 3. The van der Waals surface area contributed by atoms with Crippen LogP contribution in [0.3, 0.4) is 0 Å². The van der Waals surface area contributed by atoms with E-state index in [2.05, 4.69) is 15.9 Å². The van der Waals surface area contributed by atoms with Crippen molar-refractivity contribution in [2.45, 2.75) is 24.5 Å². The molecular formula is C13H15BrClFO3. The number of benzene rings is 1. The van der Waals surface area contributed by atoms with Gasteiger partial charge in [-0.25, -0.2) is 4.39 Å². The van der Waals surface area contributed by atoms with E-state index in [-0.39, 0.29) is 10.6 Å². The number of ether oxygens (including phenoxy) is 2. The summed E-state index contributed by atoms with van der Waals surface area (Å²) in [6.45, 7) is 0.966. The number of aliphatic hydroxyl groups excluding tert-OH is 1. The Bertz CT molecular complexity index is 463. The summed E-state index contributed by atoms with van der Waals surface area (Å²) in [6, 6.07) is 3.14. The molecule has 0 aromatic heterocycles. The highest BCUT2D eigenvalue weighted by Crippen LogP contribution is 2.40. The van der Waals surface area contributed by atoms with E-state index in [4.69, 9.17) is 21.1 Å². The third-order valence-corrected chi connectivity index (χ3v) is 4.86. The van der Waals surface area contributed by atoms with Crippen molar-refractivity contribution in [3.63, 3.8) is 0 Å². The first-order valence-corrected chi connectivity index (χ1v) is 7.13. The lowest BCUT2D eigenvalue weighted by atomic mass is 9.84. The number of methoxy groups -OCH3 is 1. The van der Waals surface area contributed by atoms with Crippen LogP contribution in [0.25, 0.3) is 0 Å². The summed E-state index contributed by atoms with van der Waals surface area (Å²) in [7, 11) is 1.52. The first-order chi connectivity index (χ1) is 9.02. The molecule has 1 aliphatic heterocycles. The third kappa shape index (κ3) is 2.81. The topological polar surface area (TPSA) is 38.7 Å². The second-order valence-corrected chi connectivity index (χ2v) is 5.78. The van der Waals surface area contributed by atoms with Crippen LogP contribution in [0, 0.1) is 5.82 Å². The Balaban J connectivity index is 2.37. The van der Waals surface area contributed by atoms with Gasteiger partial charge in [-0.15, -0.1) is 0 Å². The maximum atomic E-state index is 14.2. The minimum absolute atomic E-state index is 0.0325. The van der Waals surface area contributed by atoms with Gasteiger partial charge in [-0.05, 0) is 22.0 Å². The average molecular weight is 354 g/mol. The van der Waals surface area contributed by atoms with Gasteiger partial charge in [-0.2, -0.15) is 0 Å². The van der Waals surface area contributed by atoms with Crippen molar-refractivity contribution >= 4 is 27.5 Å². The van der Waals surface area contributed by atoms with Gasteiger partial charge in [-0.3, -0.25) is 0 Å². The van der Waals surface area contributed by atoms with Gasteiger partial charge in [0.25, 0.3) is 0 Å². The van der Waals surface area contributed by atoms with Crippen molar-refractivity contribution in [3.8, 4) is 0 Å². The standard InChI is InChI=1S/C13H15BrClFO3/c1-18-13(4-6-19-7-5-13)12(17)8-2-3-9(14)10(15)11(8)16/h2-3,12,17H,4-7H2,1H3. The maximum Gasteiger partial charge on any atom is 0.148 e. The van der Waals surface area contributed by atoms with Crippen molar-refractivity contribution in [2.24, 2.45) is 0 Å². The molecule has 0 radical (unpaired) electrons. The monoisotopic (exact) mass is 352 g/mol. The Morgan fingerprint density at radius 2 is 2.11 bits per heavy atom. The second kappa shape index (κ2) is 6.06. The highest BCUT2D eigenvalue weighted by Gasteiger charge is 2.42. The highest BCUT2D eigenvalue weighted by molar-refractivity contribution is 9.10. The molecular weight excluding hydrogens is 338 g/mol. The van der Waals surface area contributed by atoms with Crippen molar-refractivity contribution in [2.75, 3.05) is 20.3 Å². The Morgan fingerprint density at radius 3 is 2.68 bits per heavy atom. The molecule has 6 heteroatoms. The zero-order valence-electron chi connectivity index (χ0n) is 10.5. The first-order valence-electron chi connectivity index (χ1n) is 5.96. The molecule has 0 spiro atoms. The SMILES string of the molecule is COC1(C(O)c2ccc(Br)c(Cl)c2F)CCOCC1. The van der Waals surface area contributed by atoms with Crippen LogP contribution < -0.4 is 0 Å². The molecule has 0 bridgehead atoms. The van der Waals surface area contributed by atoms with E-state index in [9.17, 15) is 9.50 Å². The largest absolute Gasteiger partial charge is 0.385 e. The van der Waals surface area contributed by atoms with Crippen molar-refractivity contribution in [3.05, 3.63) is 33.0 Å². The van der Waals surface area contributed by atoms with Gasteiger partial charge >= 0.3 is 0 Å². The van der Waals surface area contributed by atoms with E-state index in [1.807, 2.05) is 0 Å². The molecule has 0 amide bonds. The number of rotatable bonds is 3. The van der Waals surface area contributed by atoms with E-state index in [0.717, 1.165) is 0 Å². The van der Waals surface area contributed by atoms with E-state index >= 15 is 0 Å². The first kappa shape index (κ1) is 15.2. The fraction of sp³-hybridized carbons (Fsp3) is 0.538. The summed E-state index contributed by atoms with van der Waals surface area (Å²) in [4.78, 5) is 0. The lowest BCUT2D eigenvalue weighted by molar-refractivity contribution is -0.155. The normalized spacial score (nSPS) is 20.3. The van der Waals surface area contributed by atoms with Gasteiger partial charge < -0.3 is 14.6 Å². The molecule has 3 nitrogen and oxygen atoms in total. The molecule has 1 atom stereocenters. The Hall–Kier alpha value is -0.200. The molecule has 1 unspecified atom stereocenters. The second-order valence-electron chi connectivity index (χ2n) is 4.55. The van der Waals surface area contributed by atoms with E-state index < -0.39 is 17.5 Å². The van der Waals surface area contributed by atoms with Crippen LogP contribution in [0.2, 0.25) is 5.02 Å². The molecule has 1 heterocycles. The van der Waals surface area contributed by atoms with Crippen LogP contribution in [0.1, 0.15) is 24.5 Å². The van der Waals surface area contributed by atoms with Crippen LogP contribution in [-0.2, 0) is 9.47 Å². The van der Waals surface area contributed by atoms with Crippen molar-refractivity contribution in [1.29, 1.82) is 0 Å². The van der Waals surface area contributed by atoms with Crippen LogP contribution in [0.4, 0.5) is 4.39 Å². The van der Waals surface area contributed by atoms with Gasteiger partial charge in [-0.1, -0.05) is 17.7 Å². The molecule has 1 saturated heterocycles. The quantitative estimate of drug-likeness (QED) is 0.846. The lowest BCUT2D eigenvalue weighted by Crippen LogP contribution is -2.44. The van der Waals surface area contributed by atoms with Crippen molar-refractivity contribution < 1.29 is 19.0 Å². The van der Waals surface area contributed by atoms with Gasteiger partial charge in [0.15, 0.2) is 0 Å². The third-order valence-electron chi connectivity index (χ3n) is 3.60. The van der Waals surface area contributed by atoms with Crippen molar-refractivity contribution in [1.82, 2.24) is 0 Å². The highest BCUT2D eigenvalue weighted by atomic mass is 79.9. The molecule has 19 heavy (non-hydrogen) atoms. The van der Waals surface area contributed by atoms with Gasteiger partial charge in [0.05, 0.1) is 5.02 Å². The van der Waals surface area contributed by atoms with Gasteiger partial charge in [0.2, 0.25) is 0 Å². The molecule has 106 valence electrons. The molecule has 1 aliphatic rings. The van der Waals surface area contributed by atoms with Crippen LogP contribution in [0.5, 0.6) is 0 Å². The van der Waals surface area contributed by atoms with Crippen LogP contribution in [-0.4, -0.2) is 31.0 Å². The summed E-state index contributed by atoms with van der Waals surface area (Å²) < 4.78 is 25.4. The van der Waals surface area contributed by atoms with Crippen LogP contribution in [0.15, 0.2) is 16.6 Å². The van der Waals surface area contributed by atoms with E-state index in [1.165, 1.54) is 13.2 Å². The number of halogens is 3. The molecule has 2 rings (SSSR count). The molecule has 1 fully saturated rings. The van der Waals surface area contributed by atoms with E-state index in [1.54, 1.807) is 6.07 Å². The Morgan fingerprint density at radius 1 is 1.47 bits per heavy atom. The lowest BCUT2D eigenvalue weighted by Gasteiger charge is -2.40. The van der Waals surface area contributed by atoms with E-state index in [0.29, 0.717) is 30.5 Å². The molecule has 0 saturated carbocycles. The zero-order valence-corrected chi connectivity index (χ0v) is 12.8. The Labute approximate surface area is 124 Å². The average Bonchev–Trinajstić information content (AvgIpc) is 2.45. The summed E-state index contributed by atoms with van der Waals surface area (Å²) >= 11 is 9.01. The molecule has 1 aromatic rings. The van der Waals surface area contributed by atoms with Gasteiger partial charge in [0, 0.05) is 43.2 Å². The summed E-state index contributed by atoms with van der Waals surface area (Å²) in [5.41, 5.74) is -0.673. The van der Waals surface area contributed by atoms with Gasteiger partial charge in [0.1, 0.15) is 17.5 Å². The minimum Gasteiger partial charge on any atom is -0.385 e. The number of aliphatic hydroxyl groups is 1. The summed E-state index contributed by atoms with van der Waals surface area (Å²) in [5.74, 6) is -0.619. The molecule has 1 N–H and O–H groups in total. The predicted molar refractivity (Wildman–Crippen MR) is 73.9 cm³/mol. The maximum absolute atomic E-state index is 14.2. The predicted octanol–water partition coefficient (Wildman–Crippen LogP) is 3.47. The fourth-order valence-corrected chi connectivity index (χ4v) is 2.82. The summed E-state index contributed by atoms with van der Waals surface area (Å²) in [6.07, 6.45) is -0.0535. The smallest absolute Gasteiger partial charge is 0.148 e. The Kier molecular flexibility index (Phi) is 4.84. The molecule has 1 aromatic carbocycles. The van der Waals surface area contributed by atoms with Crippen LogP contribution >= 0.6 is 27.5 Å². The summed E-state index contributed by atoms with van der Waals surface area (Å²) in [5, 5.41) is 10.5. The number of hydrogen-bond donors (Lipinski definition) is 1.